The van der Waals surface area contributed by atoms with E-state index in [0.717, 1.165) is 5.56 Å². The van der Waals surface area contributed by atoms with Gasteiger partial charge in [0.15, 0.2) is 5.78 Å². The summed E-state index contributed by atoms with van der Waals surface area (Å²) in [7, 11) is 0. The molecular weight excluding hydrogens is 168 g/mol. The highest BCUT2D eigenvalue weighted by Gasteiger charge is 2.24. The van der Waals surface area contributed by atoms with Gasteiger partial charge in [0.05, 0.1) is 12.2 Å². The summed E-state index contributed by atoms with van der Waals surface area (Å²) in [5.41, 5.74) is 1.72. The van der Waals surface area contributed by atoms with Crippen LogP contribution in [-0.2, 0) is 13.0 Å². The van der Waals surface area contributed by atoms with E-state index in [1.807, 2.05) is 0 Å². The largest absolute Gasteiger partial charge is 0.507 e. The predicted octanol–water partition coefficient (Wildman–Crippen LogP) is 1.01. The van der Waals surface area contributed by atoms with Crippen molar-refractivity contribution in [2.24, 2.45) is 0 Å². The van der Waals surface area contributed by atoms with Crippen molar-refractivity contribution in [2.45, 2.75) is 19.4 Å². The molecule has 2 rings (SSSR count). The maximum Gasteiger partial charge on any atom is 0.167 e. The van der Waals surface area contributed by atoms with Gasteiger partial charge >= 0.3 is 0 Å². The Balaban J connectivity index is 2.63. The van der Waals surface area contributed by atoms with Gasteiger partial charge in [0.1, 0.15) is 5.75 Å². The summed E-state index contributed by atoms with van der Waals surface area (Å²) >= 11 is 0. The topological polar surface area (TPSA) is 57.5 Å². The van der Waals surface area contributed by atoms with Crippen LogP contribution in [0.2, 0.25) is 0 Å². The average molecular weight is 178 g/mol. The molecule has 68 valence electrons. The van der Waals surface area contributed by atoms with Crippen molar-refractivity contribution >= 4 is 5.78 Å². The minimum Gasteiger partial charge on any atom is -0.507 e. The van der Waals surface area contributed by atoms with Crippen LogP contribution in [0.5, 0.6) is 5.75 Å². The van der Waals surface area contributed by atoms with Crippen LogP contribution in [0, 0.1) is 0 Å². The fraction of sp³-hybridized carbons (Fsp3) is 0.300. The van der Waals surface area contributed by atoms with E-state index in [1.54, 1.807) is 12.1 Å². The first-order chi connectivity index (χ1) is 6.24. The summed E-state index contributed by atoms with van der Waals surface area (Å²) in [6, 6.07) is 3.46. The Hall–Kier alpha value is -1.35. The molecule has 1 aromatic rings. The molecular formula is C10H10O3. The first kappa shape index (κ1) is 8.26. The Morgan fingerprint density at radius 3 is 2.77 bits per heavy atom. The van der Waals surface area contributed by atoms with E-state index in [-0.39, 0.29) is 18.1 Å². The van der Waals surface area contributed by atoms with E-state index in [0.29, 0.717) is 24.0 Å². The molecule has 0 atom stereocenters. The summed E-state index contributed by atoms with van der Waals surface area (Å²) in [4.78, 5) is 11.3. The summed E-state index contributed by atoms with van der Waals surface area (Å²) in [6.07, 6.45) is 1.17. The number of fused-ring (bicyclic) bond motifs is 1. The van der Waals surface area contributed by atoms with Crippen LogP contribution in [0.4, 0.5) is 0 Å². The van der Waals surface area contributed by atoms with Crippen molar-refractivity contribution in [3.8, 4) is 5.75 Å². The number of hydrogen-bond donors (Lipinski definition) is 2. The van der Waals surface area contributed by atoms with E-state index in [9.17, 15) is 9.90 Å². The van der Waals surface area contributed by atoms with Crippen LogP contribution >= 0.6 is 0 Å². The van der Waals surface area contributed by atoms with E-state index < -0.39 is 0 Å². The molecule has 3 nitrogen and oxygen atoms in total. The van der Waals surface area contributed by atoms with Gasteiger partial charge in [-0.05, 0) is 12.0 Å². The minimum atomic E-state index is -0.230. The lowest BCUT2D eigenvalue weighted by Gasteiger charge is -2.05. The first-order valence-electron chi connectivity index (χ1n) is 4.22. The number of aliphatic hydroxyl groups is 1. The molecule has 0 heterocycles. The fourth-order valence-electron chi connectivity index (χ4n) is 1.70. The average Bonchev–Trinajstić information content (AvgIpc) is 2.49. The summed E-state index contributed by atoms with van der Waals surface area (Å²) in [5.74, 6) is -0.0645. The second-order valence-corrected chi connectivity index (χ2v) is 3.19. The van der Waals surface area contributed by atoms with Crippen LogP contribution in [0.3, 0.4) is 0 Å². The van der Waals surface area contributed by atoms with Crippen molar-refractivity contribution in [2.75, 3.05) is 0 Å². The highest BCUT2D eigenvalue weighted by molar-refractivity contribution is 6.03. The summed E-state index contributed by atoms with van der Waals surface area (Å²) in [6.45, 7) is -0.230. The Morgan fingerprint density at radius 2 is 2.08 bits per heavy atom. The van der Waals surface area contributed by atoms with Gasteiger partial charge in [-0.1, -0.05) is 12.1 Å². The second kappa shape index (κ2) is 2.85. The van der Waals surface area contributed by atoms with Crippen molar-refractivity contribution < 1.29 is 15.0 Å². The molecule has 0 bridgehead atoms. The van der Waals surface area contributed by atoms with Crippen LogP contribution in [-0.4, -0.2) is 16.0 Å². The van der Waals surface area contributed by atoms with E-state index in [2.05, 4.69) is 0 Å². The molecule has 3 heteroatoms. The molecule has 0 radical (unpaired) electrons. The highest BCUT2D eigenvalue weighted by atomic mass is 16.3. The molecule has 0 aromatic heterocycles. The van der Waals surface area contributed by atoms with E-state index >= 15 is 0 Å². The molecule has 1 aromatic carbocycles. The zero-order valence-electron chi connectivity index (χ0n) is 7.08. The predicted molar refractivity (Wildman–Crippen MR) is 46.7 cm³/mol. The lowest BCUT2D eigenvalue weighted by atomic mass is 10.0. The lowest BCUT2D eigenvalue weighted by molar-refractivity contribution is 0.0992. The van der Waals surface area contributed by atoms with Gasteiger partial charge in [-0.3, -0.25) is 4.79 Å². The van der Waals surface area contributed by atoms with Gasteiger partial charge in [-0.25, -0.2) is 0 Å². The van der Waals surface area contributed by atoms with Crippen LogP contribution in [0.25, 0.3) is 0 Å². The number of rotatable bonds is 1. The van der Waals surface area contributed by atoms with E-state index in [1.165, 1.54) is 0 Å². The number of aliphatic hydroxyl groups excluding tert-OH is 1. The number of carbonyl (C=O) groups excluding carboxylic acids is 1. The van der Waals surface area contributed by atoms with Crippen LogP contribution < -0.4 is 0 Å². The Morgan fingerprint density at radius 1 is 1.31 bits per heavy atom. The number of carbonyl (C=O) groups is 1. The standard InChI is InChI=1S/C10H10O3/c11-5-7-2-1-6-3-4-8(12)9(6)10(7)13/h1-2,11,13H,3-5H2. The third-order valence-electron chi connectivity index (χ3n) is 2.42. The molecule has 13 heavy (non-hydrogen) atoms. The first-order valence-corrected chi connectivity index (χ1v) is 4.22. The number of aromatic hydroxyl groups is 1. The fourth-order valence-corrected chi connectivity index (χ4v) is 1.70. The molecule has 0 aliphatic heterocycles. The number of aryl methyl sites for hydroxylation is 1. The molecule has 0 saturated heterocycles. The maximum atomic E-state index is 11.3. The normalized spacial score (nSPS) is 14.7. The van der Waals surface area contributed by atoms with Gasteiger partial charge in [-0.15, -0.1) is 0 Å². The number of Topliss-reactive ketones (excluding diaryl/α,β-unsaturated/α-hetero) is 1. The molecule has 0 saturated carbocycles. The zero-order valence-corrected chi connectivity index (χ0v) is 7.08. The van der Waals surface area contributed by atoms with Crippen molar-refractivity contribution in [3.05, 3.63) is 28.8 Å². The maximum absolute atomic E-state index is 11.3. The van der Waals surface area contributed by atoms with Crippen LogP contribution in [0.1, 0.15) is 27.9 Å². The van der Waals surface area contributed by atoms with E-state index in [4.69, 9.17) is 5.11 Å². The van der Waals surface area contributed by atoms with Gasteiger partial charge in [-0.2, -0.15) is 0 Å². The number of ketones is 1. The highest BCUT2D eigenvalue weighted by Crippen LogP contribution is 2.32. The van der Waals surface area contributed by atoms with Crippen molar-refractivity contribution in [1.29, 1.82) is 0 Å². The van der Waals surface area contributed by atoms with Crippen molar-refractivity contribution in [3.63, 3.8) is 0 Å². The molecule has 0 amide bonds. The zero-order chi connectivity index (χ0) is 9.42. The summed E-state index contributed by atoms with van der Waals surface area (Å²) in [5, 5.41) is 18.5. The second-order valence-electron chi connectivity index (χ2n) is 3.19. The summed E-state index contributed by atoms with van der Waals surface area (Å²) < 4.78 is 0. The van der Waals surface area contributed by atoms with Crippen molar-refractivity contribution in [1.82, 2.24) is 0 Å². The molecule has 0 fully saturated rings. The monoisotopic (exact) mass is 178 g/mol. The molecule has 0 spiro atoms. The number of benzene rings is 1. The molecule has 1 aliphatic rings. The molecule has 0 unspecified atom stereocenters. The Labute approximate surface area is 75.6 Å². The Kier molecular flexibility index (Phi) is 1.81. The quantitative estimate of drug-likeness (QED) is 0.674. The van der Waals surface area contributed by atoms with Gasteiger partial charge in [0.2, 0.25) is 0 Å². The van der Waals surface area contributed by atoms with Crippen LogP contribution in [0.15, 0.2) is 12.1 Å². The third kappa shape index (κ3) is 1.12. The smallest absolute Gasteiger partial charge is 0.167 e. The molecule has 1 aliphatic carbocycles. The minimum absolute atomic E-state index is 0.0252. The van der Waals surface area contributed by atoms with Gasteiger partial charge in [0.25, 0.3) is 0 Å². The third-order valence-corrected chi connectivity index (χ3v) is 2.42. The van der Waals surface area contributed by atoms with Gasteiger partial charge in [0, 0.05) is 12.0 Å². The Bertz CT molecular complexity index is 369. The molecule has 2 N–H and O–H groups in total. The lowest BCUT2D eigenvalue weighted by Crippen LogP contribution is -1.95. The number of hydrogen-bond acceptors (Lipinski definition) is 3. The number of phenols is 1. The van der Waals surface area contributed by atoms with Gasteiger partial charge < -0.3 is 10.2 Å². The SMILES string of the molecule is O=C1CCc2ccc(CO)c(O)c21.